The van der Waals surface area contributed by atoms with Crippen molar-refractivity contribution in [2.24, 2.45) is 5.73 Å². The van der Waals surface area contributed by atoms with E-state index in [4.69, 9.17) is 19.9 Å². The fourth-order valence-electron chi connectivity index (χ4n) is 4.57. The Kier molecular flexibility index (Phi) is 3.83. The van der Waals surface area contributed by atoms with Crippen LogP contribution in [0.4, 0.5) is 0 Å². The van der Waals surface area contributed by atoms with Crippen LogP contribution in [0.3, 0.4) is 0 Å². The highest BCUT2D eigenvalue weighted by molar-refractivity contribution is 6.26. The van der Waals surface area contributed by atoms with Crippen LogP contribution in [0.25, 0.3) is 0 Å². The smallest absolute Gasteiger partial charge is 0.220 e. The molecular formula is C19H21NO7. The zero-order valence-corrected chi connectivity index (χ0v) is 15.1. The molecule has 1 amide bonds. The Labute approximate surface area is 155 Å². The lowest BCUT2D eigenvalue weighted by Crippen LogP contribution is -2.58. The van der Waals surface area contributed by atoms with Crippen molar-refractivity contribution < 1.29 is 33.7 Å². The van der Waals surface area contributed by atoms with Gasteiger partial charge < -0.3 is 25.1 Å². The van der Waals surface area contributed by atoms with E-state index in [1.165, 1.54) is 19.2 Å². The minimum absolute atomic E-state index is 0.0565. The minimum atomic E-state index is -1.45. The van der Waals surface area contributed by atoms with E-state index in [0.717, 1.165) is 0 Å². The maximum atomic E-state index is 13.3. The lowest BCUT2D eigenvalue weighted by atomic mass is 9.67. The van der Waals surface area contributed by atoms with Crippen molar-refractivity contribution in [3.05, 3.63) is 23.3 Å². The standard InChI is InChI=1S/C19H21NO7/c1-3-4-13-19-17(24)15-11(5-9(25-2)6-12(15)21)16(23)18(19,27-19)8-10(26-13)7-14(20)22/h5-6,10,13,21H,3-4,7-8H2,1-2H3,(H2,20,22)/t10-,13-,18-,19+/m1/s1. The van der Waals surface area contributed by atoms with E-state index in [9.17, 15) is 19.5 Å². The molecule has 8 heteroatoms. The molecule has 4 atom stereocenters. The molecule has 1 aromatic carbocycles. The molecular weight excluding hydrogens is 354 g/mol. The second-order valence-electron chi connectivity index (χ2n) is 7.30. The van der Waals surface area contributed by atoms with E-state index in [0.29, 0.717) is 12.8 Å². The number of carbonyl (C=O) groups is 3. The monoisotopic (exact) mass is 375 g/mol. The molecule has 144 valence electrons. The molecule has 1 aliphatic carbocycles. The van der Waals surface area contributed by atoms with Gasteiger partial charge in [-0.25, -0.2) is 0 Å². The Balaban J connectivity index is 1.85. The second kappa shape index (κ2) is 5.77. The van der Waals surface area contributed by atoms with Gasteiger partial charge >= 0.3 is 0 Å². The second-order valence-corrected chi connectivity index (χ2v) is 7.30. The van der Waals surface area contributed by atoms with Crippen LogP contribution in [0.15, 0.2) is 12.1 Å². The van der Waals surface area contributed by atoms with Gasteiger partial charge in [0, 0.05) is 18.1 Å². The number of methoxy groups -OCH3 is 1. The van der Waals surface area contributed by atoms with Gasteiger partial charge in [0.2, 0.25) is 11.7 Å². The van der Waals surface area contributed by atoms with Gasteiger partial charge in [-0.15, -0.1) is 0 Å². The summed E-state index contributed by atoms with van der Waals surface area (Å²) in [5.41, 5.74) is 2.48. The molecule has 2 aliphatic heterocycles. The third kappa shape index (κ3) is 2.20. The van der Waals surface area contributed by atoms with Crippen LogP contribution in [0, 0.1) is 0 Å². The fourth-order valence-corrected chi connectivity index (χ4v) is 4.57. The summed E-state index contributed by atoms with van der Waals surface area (Å²) in [7, 11) is 1.40. The van der Waals surface area contributed by atoms with Crippen molar-refractivity contribution in [3.8, 4) is 11.5 Å². The van der Waals surface area contributed by atoms with Crippen molar-refractivity contribution >= 4 is 17.5 Å². The molecule has 27 heavy (non-hydrogen) atoms. The molecule has 3 N–H and O–H groups in total. The number of ether oxygens (including phenoxy) is 3. The number of nitrogens with two attached hydrogens (primary N) is 1. The Morgan fingerprint density at radius 1 is 1.37 bits per heavy atom. The molecule has 0 spiro atoms. The molecule has 2 heterocycles. The van der Waals surface area contributed by atoms with E-state index in [-0.39, 0.29) is 35.5 Å². The number of phenols is 1. The van der Waals surface area contributed by atoms with Gasteiger partial charge in [-0.2, -0.15) is 0 Å². The number of benzene rings is 1. The van der Waals surface area contributed by atoms with Gasteiger partial charge in [-0.3, -0.25) is 14.4 Å². The van der Waals surface area contributed by atoms with Crippen molar-refractivity contribution in [2.45, 2.75) is 56.0 Å². The van der Waals surface area contributed by atoms with Crippen LogP contribution in [-0.2, 0) is 14.3 Å². The number of primary amides is 1. The van der Waals surface area contributed by atoms with Crippen molar-refractivity contribution in [2.75, 3.05) is 7.11 Å². The van der Waals surface area contributed by atoms with E-state index in [1.807, 2.05) is 6.92 Å². The summed E-state index contributed by atoms with van der Waals surface area (Å²) in [5.74, 6) is -1.47. The summed E-state index contributed by atoms with van der Waals surface area (Å²) >= 11 is 0. The number of ketones is 2. The highest BCUT2D eigenvalue weighted by Gasteiger charge is 2.85. The molecule has 1 aromatic rings. The zero-order chi connectivity index (χ0) is 19.6. The Bertz CT molecular complexity index is 866. The summed E-state index contributed by atoms with van der Waals surface area (Å²) < 4.78 is 17.0. The first-order valence-corrected chi connectivity index (χ1v) is 8.95. The minimum Gasteiger partial charge on any atom is -0.507 e. The predicted octanol–water partition coefficient (Wildman–Crippen LogP) is 1.12. The van der Waals surface area contributed by atoms with E-state index >= 15 is 0 Å². The number of aromatic hydroxyl groups is 1. The maximum Gasteiger partial charge on any atom is 0.220 e. The average Bonchev–Trinajstić information content (AvgIpc) is 3.31. The van der Waals surface area contributed by atoms with Crippen LogP contribution >= 0.6 is 0 Å². The van der Waals surface area contributed by atoms with Gasteiger partial charge in [-0.05, 0) is 12.5 Å². The quantitative estimate of drug-likeness (QED) is 0.738. The largest absolute Gasteiger partial charge is 0.507 e. The topological polar surface area (TPSA) is 128 Å². The molecule has 2 saturated heterocycles. The molecule has 8 nitrogen and oxygen atoms in total. The van der Waals surface area contributed by atoms with Crippen LogP contribution in [0.2, 0.25) is 0 Å². The number of carbonyl (C=O) groups excluding carboxylic acids is 3. The number of epoxide rings is 1. The van der Waals surface area contributed by atoms with Crippen LogP contribution in [0.5, 0.6) is 11.5 Å². The third-order valence-electron chi connectivity index (χ3n) is 5.70. The van der Waals surface area contributed by atoms with Gasteiger partial charge in [0.15, 0.2) is 17.0 Å². The lowest BCUT2D eigenvalue weighted by Gasteiger charge is -2.38. The van der Waals surface area contributed by atoms with Gasteiger partial charge in [0.05, 0.1) is 31.3 Å². The van der Waals surface area contributed by atoms with Crippen LogP contribution in [-0.4, -0.2) is 53.1 Å². The highest BCUT2D eigenvalue weighted by atomic mass is 16.7. The first kappa shape index (κ1) is 17.9. The molecule has 2 fully saturated rings. The number of rotatable bonds is 5. The SMILES string of the molecule is CCC[C@H]1O[C@H](CC(N)=O)C[C@]23O[C@]12C(=O)c1c(O)cc(OC)cc1C3=O. The lowest BCUT2D eigenvalue weighted by molar-refractivity contribution is -0.125. The third-order valence-corrected chi connectivity index (χ3v) is 5.70. The maximum absolute atomic E-state index is 13.3. The summed E-state index contributed by atoms with van der Waals surface area (Å²) in [6, 6.07) is 2.73. The number of hydrogen-bond acceptors (Lipinski definition) is 7. The first-order valence-electron chi connectivity index (χ1n) is 8.95. The zero-order valence-electron chi connectivity index (χ0n) is 15.1. The first-order chi connectivity index (χ1) is 12.8. The van der Waals surface area contributed by atoms with Crippen LogP contribution in [0.1, 0.15) is 53.3 Å². The van der Waals surface area contributed by atoms with Gasteiger partial charge in [0.1, 0.15) is 11.5 Å². The number of fused-ring (bicyclic) bond motifs is 1. The predicted molar refractivity (Wildman–Crippen MR) is 91.9 cm³/mol. The van der Waals surface area contributed by atoms with Gasteiger partial charge in [-0.1, -0.05) is 13.3 Å². The average molecular weight is 375 g/mol. The van der Waals surface area contributed by atoms with E-state index in [2.05, 4.69) is 0 Å². The number of amides is 1. The Hall–Kier alpha value is -2.45. The molecule has 4 rings (SSSR count). The summed E-state index contributed by atoms with van der Waals surface area (Å²) in [4.78, 5) is 38.1. The molecule has 0 aromatic heterocycles. The fraction of sp³-hybridized carbons (Fsp3) is 0.526. The molecule has 0 unspecified atom stereocenters. The number of hydrogen-bond donors (Lipinski definition) is 2. The molecule has 0 bridgehead atoms. The highest BCUT2D eigenvalue weighted by Crippen LogP contribution is 2.64. The molecule has 0 saturated carbocycles. The number of Topliss-reactive ketones (excluding diaryl/α,β-unsaturated/α-hetero) is 2. The summed E-state index contributed by atoms with van der Waals surface area (Å²) in [6.07, 6.45) is -0.115. The Morgan fingerprint density at radius 2 is 2.11 bits per heavy atom. The molecule has 0 radical (unpaired) electrons. The van der Waals surface area contributed by atoms with Crippen molar-refractivity contribution in [1.29, 1.82) is 0 Å². The van der Waals surface area contributed by atoms with E-state index in [1.54, 1.807) is 0 Å². The van der Waals surface area contributed by atoms with E-state index < -0.39 is 40.9 Å². The molecule has 3 aliphatic rings. The van der Waals surface area contributed by atoms with Crippen LogP contribution < -0.4 is 10.5 Å². The van der Waals surface area contributed by atoms with Gasteiger partial charge in [0.25, 0.3) is 0 Å². The van der Waals surface area contributed by atoms with Crippen molar-refractivity contribution in [1.82, 2.24) is 0 Å². The Morgan fingerprint density at radius 3 is 2.74 bits per heavy atom. The summed E-state index contributed by atoms with van der Waals surface area (Å²) in [6.45, 7) is 1.92. The number of phenolic OH excluding ortho intramolecular Hbond substituents is 1. The summed E-state index contributed by atoms with van der Waals surface area (Å²) in [5, 5.41) is 10.4. The van der Waals surface area contributed by atoms with Crippen molar-refractivity contribution in [3.63, 3.8) is 0 Å². The normalized spacial score (nSPS) is 33.7.